The highest BCUT2D eigenvalue weighted by atomic mass is 16.2. The van der Waals surface area contributed by atoms with Gasteiger partial charge < -0.3 is 10.2 Å². The summed E-state index contributed by atoms with van der Waals surface area (Å²) in [6.07, 6.45) is 0.289. The van der Waals surface area contributed by atoms with Gasteiger partial charge in [0.2, 0.25) is 11.8 Å². The fraction of sp³-hybridized carbons (Fsp3) is 0.364. The average Bonchev–Trinajstić information content (AvgIpc) is 2.63. The van der Waals surface area contributed by atoms with E-state index in [-0.39, 0.29) is 18.2 Å². The molecule has 0 bridgehead atoms. The number of nitrogens with zero attached hydrogens (tertiary/aromatic N) is 1. The zero-order valence-corrected chi connectivity index (χ0v) is 16.1. The van der Waals surface area contributed by atoms with Crippen LogP contribution in [0.4, 0.5) is 0 Å². The fourth-order valence-corrected chi connectivity index (χ4v) is 2.87. The van der Waals surface area contributed by atoms with Crippen LogP contribution in [0, 0.1) is 13.8 Å². The van der Waals surface area contributed by atoms with Gasteiger partial charge in [0.15, 0.2) is 0 Å². The van der Waals surface area contributed by atoms with E-state index in [1.165, 1.54) is 11.1 Å². The van der Waals surface area contributed by atoms with Crippen LogP contribution in [0.1, 0.15) is 36.1 Å². The molecule has 0 aliphatic heterocycles. The summed E-state index contributed by atoms with van der Waals surface area (Å²) >= 11 is 0. The number of likely N-dealkylation sites (N-methyl/N-ethyl adjacent to an activating group) is 1. The van der Waals surface area contributed by atoms with E-state index in [0.717, 1.165) is 11.1 Å². The number of hydrogen-bond acceptors (Lipinski definition) is 2. The van der Waals surface area contributed by atoms with Crippen LogP contribution in [0.5, 0.6) is 0 Å². The van der Waals surface area contributed by atoms with Gasteiger partial charge in [0.05, 0.1) is 6.42 Å². The summed E-state index contributed by atoms with van der Waals surface area (Å²) in [5.41, 5.74) is 4.36. The third-order valence-electron chi connectivity index (χ3n) is 4.64. The minimum atomic E-state index is -0.519. The molecule has 0 radical (unpaired) electrons. The topological polar surface area (TPSA) is 49.4 Å². The monoisotopic (exact) mass is 352 g/mol. The summed E-state index contributed by atoms with van der Waals surface area (Å²) in [4.78, 5) is 27.0. The van der Waals surface area contributed by atoms with Gasteiger partial charge in [-0.1, -0.05) is 48.5 Å². The molecule has 1 N–H and O–H groups in total. The molecular formula is C22H28N2O2. The third-order valence-corrected chi connectivity index (χ3v) is 4.64. The number of aryl methyl sites for hydroxylation is 2. The zero-order chi connectivity index (χ0) is 19.1. The lowest BCUT2D eigenvalue weighted by molar-refractivity contribution is -0.140. The molecule has 0 heterocycles. The number of benzene rings is 2. The molecule has 0 aromatic heterocycles. The van der Waals surface area contributed by atoms with Gasteiger partial charge in [-0.2, -0.15) is 0 Å². The smallest absolute Gasteiger partial charge is 0.242 e. The molecule has 0 aliphatic carbocycles. The second kappa shape index (κ2) is 9.18. The lowest BCUT2D eigenvalue weighted by Crippen LogP contribution is -2.48. The second-order valence-electron chi connectivity index (χ2n) is 6.67. The highest BCUT2D eigenvalue weighted by Crippen LogP contribution is 2.15. The Morgan fingerprint density at radius 1 is 1.00 bits per heavy atom. The van der Waals surface area contributed by atoms with E-state index in [1.807, 2.05) is 62.4 Å². The van der Waals surface area contributed by atoms with Crippen LogP contribution in [0.15, 0.2) is 48.5 Å². The minimum Gasteiger partial charge on any atom is -0.355 e. The van der Waals surface area contributed by atoms with Crippen LogP contribution in [0.2, 0.25) is 0 Å². The molecular weight excluding hydrogens is 324 g/mol. The summed E-state index contributed by atoms with van der Waals surface area (Å²) in [5, 5.41) is 2.81. The van der Waals surface area contributed by atoms with Crippen molar-refractivity contribution in [3.8, 4) is 0 Å². The molecule has 4 heteroatoms. The van der Waals surface area contributed by atoms with Crippen molar-refractivity contribution in [3.63, 3.8) is 0 Å². The van der Waals surface area contributed by atoms with Crippen molar-refractivity contribution in [2.24, 2.45) is 0 Å². The van der Waals surface area contributed by atoms with E-state index in [1.54, 1.807) is 11.8 Å². The first-order valence-corrected chi connectivity index (χ1v) is 9.09. The van der Waals surface area contributed by atoms with Crippen LogP contribution in [-0.4, -0.2) is 29.3 Å². The molecule has 0 saturated carbocycles. The number of carbonyl (C=O) groups excluding carboxylic acids is 2. The Morgan fingerprint density at radius 2 is 1.69 bits per heavy atom. The molecule has 2 aromatic rings. The largest absolute Gasteiger partial charge is 0.355 e. The van der Waals surface area contributed by atoms with Gasteiger partial charge in [0.25, 0.3) is 0 Å². The van der Waals surface area contributed by atoms with Crippen LogP contribution < -0.4 is 5.32 Å². The Hall–Kier alpha value is -2.62. The maximum atomic E-state index is 13.0. The predicted molar refractivity (Wildman–Crippen MR) is 105 cm³/mol. The first kappa shape index (κ1) is 19.7. The SMILES string of the molecule is CCNC(=O)C(C)N(Cc1ccccc1)C(=O)Cc1ccc(C)c(C)c1. The van der Waals surface area contributed by atoms with Crippen molar-refractivity contribution in [3.05, 3.63) is 70.8 Å². The quantitative estimate of drug-likeness (QED) is 0.830. The van der Waals surface area contributed by atoms with E-state index >= 15 is 0 Å². The average molecular weight is 352 g/mol. The minimum absolute atomic E-state index is 0.0455. The van der Waals surface area contributed by atoms with Crippen molar-refractivity contribution in [1.29, 1.82) is 0 Å². The van der Waals surface area contributed by atoms with Crippen LogP contribution in [0.25, 0.3) is 0 Å². The van der Waals surface area contributed by atoms with E-state index < -0.39 is 6.04 Å². The Labute approximate surface area is 156 Å². The standard InChI is InChI=1S/C22H28N2O2/c1-5-23-22(26)18(4)24(15-19-9-7-6-8-10-19)21(25)14-20-12-11-16(2)17(3)13-20/h6-13,18H,5,14-15H2,1-4H3,(H,23,26). The molecule has 4 nitrogen and oxygen atoms in total. The Morgan fingerprint density at radius 3 is 2.31 bits per heavy atom. The molecule has 1 unspecified atom stereocenters. The molecule has 0 aliphatic rings. The van der Waals surface area contributed by atoms with Crippen molar-refractivity contribution in [1.82, 2.24) is 10.2 Å². The molecule has 0 spiro atoms. The normalized spacial score (nSPS) is 11.7. The summed E-state index contributed by atoms with van der Waals surface area (Å²) in [7, 11) is 0. The number of rotatable bonds is 7. The Kier molecular flexibility index (Phi) is 6.96. The number of hydrogen-bond donors (Lipinski definition) is 1. The maximum absolute atomic E-state index is 13.0. The van der Waals surface area contributed by atoms with Crippen LogP contribution >= 0.6 is 0 Å². The molecule has 2 aromatic carbocycles. The lowest BCUT2D eigenvalue weighted by atomic mass is 10.0. The van der Waals surface area contributed by atoms with E-state index in [0.29, 0.717) is 13.1 Å². The van der Waals surface area contributed by atoms with Gasteiger partial charge in [-0.05, 0) is 49.9 Å². The van der Waals surface area contributed by atoms with Gasteiger partial charge in [0, 0.05) is 13.1 Å². The first-order valence-electron chi connectivity index (χ1n) is 9.09. The molecule has 26 heavy (non-hydrogen) atoms. The number of carbonyl (C=O) groups is 2. The zero-order valence-electron chi connectivity index (χ0n) is 16.1. The van der Waals surface area contributed by atoms with E-state index in [4.69, 9.17) is 0 Å². The molecule has 138 valence electrons. The van der Waals surface area contributed by atoms with Crippen molar-refractivity contribution >= 4 is 11.8 Å². The summed E-state index contributed by atoms with van der Waals surface area (Å²) in [6.45, 7) is 8.73. The van der Waals surface area contributed by atoms with Gasteiger partial charge in [-0.25, -0.2) is 0 Å². The Bertz CT molecular complexity index is 756. The Balaban J connectivity index is 2.21. The first-order chi connectivity index (χ1) is 12.4. The molecule has 0 fully saturated rings. The van der Waals surface area contributed by atoms with E-state index in [2.05, 4.69) is 12.2 Å². The van der Waals surface area contributed by atoms with Gasteiger partial charge in [0.1, 0.15) is 6.04 Å². The van der Waals surface area contributed by atoms with Crippen molar-refractivity contribution < 1.29 is 9.59 Å². The second-order valence-corrected chi connectivity index (χ2v) is 6.67. The number of amides is 2. The summed E-state index contributed by atoms with van der Waals surface area (Å²) < 4.78 is 0. The highest BCUT2D eigenvalue weighted by molar-refractivity contribution is 5.88. The number of nitrogens with one attached hydrogen (secondary N) is 1. The lowest BCUT2D eigenvalue weighted by Gasteiger charge is -2.29. The predicted octanol–water partition coefficient (Wildman–Crippen LogP) is 3.40. The molecule has 0 saturated heterocycles. The third kappa shape index (κ3) is 5.19. The molecule has 1 atom stereocenters. The van der Waals surface area contributed by atoms with Gasteiger partial charge >= 0.3 is 0 Å². The van der Waals surface area contributed by atoms with Crippen LogP contribution in [-0.2, 0) is 22.6 Å². The van der Waals surface area contributed by atoms with Gasteiger partial charge in [-0.15, -0.1) is 0 Å². The van der Waals surface area contributed by atoms with Crippen LogP contribution in [0.3, 0.4) is 0 Å². The fourth-order valence-electron chi connectivity index (χ4n) is 2.87. The summed E-state index contributed by atoms with van der Waals surface area (Å²) in [5.74, 6) is -0.173. The highest BCUT2D eigenvalue weighted by Gasteiger charge is 2.25. The van der Waals surface area contributed by atoms with Crippen molar-refractivity contribution in [2.75, 3.05) is 6.54 Å². The van der Waals surface area contributed by atoms with Gasteiger partial charge in [-0.3, -0.25) is 9.59 Å². The van der Waals surface area contributed by atoms with E-state index in [9.17, 15) is 9.59 Å². The summed E-state index contributed by atoms with van der Waals surface area (Å²) in [6, 6.07) is 15.3. The maximum Gasteiger partial charge on any atom is 0.242 e. The molecule has 2 amide bonds. The van der Waals surface area contributed by atoms with Crippen molar-refractivity contribution in [2.45, 2.75) is 46.7 Å². The molecule has 2 rings (SSSR count).